The van der Waals surface area contributed by atoms with Gasteiger partial charge in [0.1, 0.15) is 0 Å². The molecule has 0 unspecified atom stereocenters. The van der Waals surface area contributed by atoms with Crippen molar-refractivity contribution in [2.75, 3.05) is 19.6 Å². The molecule has 0 saturated carbocycles. The van der Waals surface area contributed by atoms with Crippen LogP contribution in [0.2, 0.25) is 0 Å². The monoisotopic (exact) mass is 212 g/mol. The number of piperazine rings is 1. The molecule has 0 bridgehead atoms. The number of hydrogen-bond acceptors (Lipinski definition) is 2. The molecule has 0 aromatic heterocycles. The Morgan fingerprint density at radius 1 is 1.56 bits per heavy atom. The van der Waals surface area contributed by atoms with Crippen molar-refractivity contribution in [3.8, 4) is 0 Å². The third-order valence-corrected chi connectivity index (χ3v) is 1.82. The van der Waals surface area contributed by atoms with Gasteiger partial charge in [0.25, 0.3) is 0 Å². The zero-order valence-corrected chi connectivity index (χ0v) is 7.21. The number of nitrogens with zero attached hydrogens (tertiary/aromatic N) is 1. The first-order valence-electron chi connectivity index (χ1n) is 2.46. The van der Waals surface area contributed by atoms with Crippen molar-refractivity contribution in [1.29, 1.82) is 0 Å². The second-order valence-electron chi connectivity index (χ2n) is 1.64. The molecule has 9 heavy (non-hydrogen) atoms. The average molecular weight is 213 g/mol. The van der Waals surface area contributed by atoms with E-state index in [0.717, 1.165) is 13.1 Å². The van der Waals surface area contributed by atoms with E-state index in [2.05, 4.69) is 5.32 Å². The summed E-state index contributed by atoms with van der Waals surface area (Å²) >= 11 is 11.2. The molecule has 0 amide bonds. The van der Waals surface area contributed by atoms with Crippen molar-refractivity contribution >= 4 is 23.4 Å². The number of nitrogens with one attached hydrogen (secondary N) is 1. The van der Waals surface area contributed by atoms with Crippen LogP contribution < -0.4 is 5.32 Å². The van der Waals surface area contributed by atoms with E-state index >= 15 is 0 Å². The minimum absolute atomic E-state index is 0. The molecule has 1 aliphatic rings. The van der Waals surface area contributed by atoms with E-state index in [1.807, 2.05) is 0 Å². The van der Waals surface area contributed by atoms with Crippen LogP contribution in [0.3, 0.4) is 0 Å². The van der Waals surface area contributed by atoms with Crippen molar-refractivity contribution in [3.63, 3.8) is 0 Å². The Morgan fingerprint density at radius 2 is 2.22 bits per heavy atom. The number of halogens is 2. The smallest absolute Gasteiger partial charge is 0.00390 e. The van der Waals surface area contributed by atoms with Crippen LogP contribution in [-0.2, 0) is 16.8 Å². The maximum absolute atomic E-state index is 5.62. The van der Waals surface area contributed by atoms with E-state index < -0.39 is 0 Å². The fourth-order valence-electron chi connectivity index (χ4n) is 0.576. The molecular weight excluding hydrogens is 206 g/mol. The van der Waals surface area contributed by atoms with Gasteiger partial charge >= 0.3 is 0 Å². The molecule has 0 spiro atoms. The Balaban J connectivity index is 0.000000640. The molecule has 1 rings (SSSR count). The van der Waals surface area contributed by atoms with E-state index in [-0.39, 0.29) is 16.8 Å². The fraction of sp³-hybridized carbons (Fsp3) is 0.750. The third kappa shape index (κ3) is 3.07. The predicted molar refractivity (Wildman–Crippen MR) is 34.5 cm³/mol. The Labute approximate surface area is 75.2 Å². The van der Waals surface area contributed by atoms with Crippen LogP contribution in [0.15, 0.2) is 0 Å². The van der Waals surface area contributed by atoms with Crippen LogP contribution in [-0.4, -0.2) is 24.1 Å². The molecule has 0 aromatic rings. The Kier molecular flexibility index (Phi) is 5.30. The molecule has 0 aliphatic carbocycles. The van der Waals surface area contributed by atoms with E-state index in [9.17, 15) is 0 Å². The fourth-order valence-corrected chi connectivity index (χ4v) is 0.899. The summed E-state index contributed by atoms with van der Waals surface area (Å²) in [5, 5.41) is 3.07. The summed E-state index contributed by atoms with van der Waals surface area (Å²) in [6.45, 7) is 2.41. The van der Waals surface area contributed by atoms with Gasteiger partial charge < -0.3 is 21.3 Å². The topological polar surface area (TPSA) is 15.3 Å². The van der Waals surface area contributed by atoms with Gasteiger partial charge in [-0.1, -0.05) is 18.3 Å². The summed E-state index contributed by atoms with van der Waals surface area (Å²) in [6.07, 6.45) is 0. The first-order valence-corrected chi connectivity index (χ1v) is 3.17. The van der Waals surface area contributed by atoms with Gasteiger partial charge in [0, 0.05) is 23.3 Å². The molecule has 2 nitrogen and oxygen atoms in total. The van der Waals surface area contributed by atoms with Crippen molar-refractivity contribution < 1.29 is 16.8 Å². The molecule has 0 atom stereocenters. The minimum atomic E-state index is 0. The van der Waals surface area contributed by atoms with Gasteiger partial charge in [-0.2, -0.15) is 0 Å². The molecular formula is C4H7Cl2CoN2-. The van der Waals surface area contributed by atoms with Gasteiger partial charge in [0.2, 0.25) is 0 Å². The van der Waals surface area contributed by atoms with Gasteiger partial charge in [0.05, 0.1) is 0 Å². The SMILES string of the molecule is Cl[C-]1CNCCN1Cl.[Co]. The first-order chi connectivity index (χ1) is 3.80. The summed E-state index contributed by atoms with van der Waals surface area (Å²) in [4.78, 5) is 0. The van der Waals surface area contributed by atoms with Crippen LogP contribution in [0.4, 0.5) is 0 Å². The average Bonchev–Trinajstić information content (AvgIpc) is 1.77. The Hall–Kier alpha value is 1.01. The van der Waals surface area contributed by atoms with Gasteiger partial charge in [-0.15, -0.1) is 5.50 Å². The van der Waals surface area contributed by atoms with Crippen molar-refractivity contribution in [2.24, 2.45) is 0 Å². The maximum Gasteiger partial charge on any atom is 0.00390 e. The van der Waals surface area contributed by atoms with E-state index in [4.69, 9.17) is 23.4 Å². The van der Waals surface area contributed by atoms with Crippen LogP contribution >= 0.6 is 23.4 Å². The summed E-state index contributed by atoms with van der Waals surface area (Å²) in [7, 11) is 0. The number of rotatable bonds is 0. The summed E-state index contributed by atoms with van der Waals surface area (Å²) in [6, 6.07) is 0. The van der Waals surface area contributed by atoms with Crippen LogP contribution in [0, 0.1) is 5.50 Å². The van der Waals surface area contributed by atoms with Gasteiger partial charge in [0.15, 0.2) is 0 Å². The standard InChI is InChI=1S/C4H7Cl2N2.Co/c5-4-3-7-1-2-8(4)6;/h7H,1-3H2;/q-1;. The molecule has 1 aliphatic heterocycles. The second kappa shape index (κ2) is 4.77. The third-order valence-electron chi connectivity index (χ3n) is 1.02. The Bertz CT molecular complexity index is 73.0. The molecule has 5 heteroatoms. The maximum atomic E-state index is 5.62. The van der Waals surface area contributed by atoms with Crippen molar-refractivity contribution in [2.45, 2.75) is 0 Å². The minimum Gasteiger partial charge on any atom is -0.351 e. The molecule has 1 N–H and O–H groups in total. The van der Waals surface area contributed by atoms with Crippen molar-refractivity contribution in [3.05, 3.63) is 5.50 Å². The van der Waals surface area contributed by atoms with E-state index in [1.165, 1.54) is 4.42 Å². The van der Waals surface area contributed by atoms with E-state index in [0.29, 0.717) is 12.0 Å². The molecule has 1 fully saturated rings. The predicted octanol–water partition coefficient (Wildman–Crippen LogP) is 0.771. The molecule has 1 saturated heterocycles. The van der Waals surface area contributed by atoms with Gasteiger partial charge in [-0.3, -0.25) is 0 Å². The van der Waals surface area contributed by atoms with Gasteiger partial charge in [-0.05, 0) is 6.54 Å². The largest absolute Gasteiger partial charge is 0.351 e. The molecule has 1 radical (unpaired) electrons. The molecule has 1 heterocycles. The summed E-state index contributed by atoms with van der Waals surface area (Å²) in [5.74, 6) is 0. The molecule has 57 valence electrons. The van der Waals surface area contributed by atoms with Crippen LogP contribution in [0.25, 0.3) is 0 Å². The van der Waals surface area contributed by atoms with E-state index in [1.54, 1.807) is 0 Å². The Morgan fingerprint density at radius 3 is 2.56 bits per heavy atom. The quantitative estimate of drug-likeness (QED) is 0.363. The summed E-state index contributed by atoms with van der Waals surface area (Å²) < 4.78 is 1.53. The van der Waals surface area contributed by atoms with Crippen LogP contribution in [0.1, 0.15) is 0 Å². The first kappa shape index (κ1) is 10.0. The normalized spacial score (nSPS) is 23.3. The summed E-state index contributed by atoms with van der Waals surface area (Å²) in [5.41, 5.74) is 0.679. The van der Waals surface area contributed by atoms with Gasteiger partial charge in [-0.25, -0.2) is 0 Å². The number of hydrogen-bond donors (Lipinski definition) is 1. The zero-order chi connectivity index (χ0) is 5.98. The van der Waals surface area contributed by atoms with Crippen LogP contribution in [0.5, 0.6) is 0 Å². The van der Waals surface area contributed by atoms with Crippen molar-refractivity contribution in [1.82, 2.24) is 9.74 Å². The zero-order valence-electron chi connectivity index (χ0n) is 4.66. The second-order valence-corrected chi connectivity index (χ2v) is 2.48. The molecule has 0 aromatic carbocycles.